The molecule has 0 atom stereocenters. The van der Waals surface area contributed by atoms with Crippen molar-refractivity contribution in [2.45, 2.75) is 31.7 Å². The standard InChI is InChI=1S/C17H24N2O6S/c1-12(2)19(11-16(20)21)17(22)14-5-4-13(3)15(10-14)26(23,24)18-6-8-25-9-7-18/h4-5,10,12H,6-9,11H2,1-3H3,(H,20,21). The van der Waals surface area contributed by atoms with Crippen molar-refractivity contribution in [3.8, 4) is 0 Å². The third kappa shape index (κ3) is 4.40. The molecular weight excluding hydrogens is 360 g/mol. The van der Waals surface area contributed by atoms with Crippen molar-refractivity contribution in [3.63, 3.8) is 0 Å². The third-order valence-corrected chi connectivity index (χ3v) is 6.25. The number of hydrogen-bond donors (Lipinski definition) is 1. The van der Waals surface area contributed by atoms with Gasteiger partial charge < -0.3 is 14.7 Å². The highest BCUT2D eigenvalue weighted by atomic mass is 32.2. The maximum absolute atomic E-state index is 12.9. The second kappa shape index (κ2) is 8.15. The van der Waals surface area contributed by atoms with Crippen molar-refractivity contribution >= 4 is 21.9 Å². The van der Waals surface area contributed by atoms with Crippen LogP contribution in [0, 0.1) is 6.92 Å². The molecule has 1 aromatic carbocycles. The third-order valence-electron chi connectivity index (χ3n) is 4.21. The number of carbonyl (C=O) groups excluding carboxylic acids is 1. The predicted octanol–water partition coefficient (Wildman–Crippen LogP) is 0.951. The lowest BCUT2D eigenvalue weighted by Gasteiger charge is -2.28. The summed E-state index contributed by atoms with van der Waals surface area (Å²) < 4.78 is 32.4. The average Bonchev–Trinajstić information content (AvgIpc) is 2.59. The largest absolute Gasteiger partial charge is 0.480 e. The van der Waals surface area contributed by atoms with Crippen LogP contribution in [-0.4, -0.2) is 73.5 Å². The Balaban J connectivity index is 2.39. The number of sulfonamides is 1. The first kappa shape index (κ1) is 20.3. The smallest absolute Gasteiger partial charge is 0.323 e. The zero-order valence-corrected chi connectivity index (χ0v) is 16.0. The van der Waals surface area contributed by atoms with E-state index in [9.17, 15) is 18.0 Å². The maximum Gasteiger partial charge on any atom is 0.323 e. The van der Waals surface area contributed by atoms with E-state index in [0.717, 1.165) is 0 Å². The second-order valence-corrected chi connectivity index (χ2v) is 8.32. The summed E-state index contributed by atoms with van der Waals surface area (Å²) in [4.78, 5) is 25.0. The number of benzene rings is 1. The minimum atomic E-state index is -3.75. The first-order valence-corrected chi connectivity index (χ1v) is 9.80. The summed E-state index contributed by atoms with van der Waals surface area (Å²) in [6, 6.07) is 4.09. The molecule has 144 valence electrons. The van der Waals surface area contributed by atoms with E-state index >= 15 is 0 Å². The molecule has 8 nitrogen and oxygen atoms in total. The first-order valence-electron chi connectivity index (χ1n) is 8.36. The highest BCUT2D eigenvalue weighted by Crippen LogP contribution is 2.23. The van der Waals surface area contributed by atoms with Crippen LogP contribution in [0.25, 0.3) is 0 Å². The fraction of sp³-hybridized carbons (Fsp3) is 0.529. The number of ether oxygens (including phenoxy) is 1. The van der Waals surface area contributed by atoms with Crippen LogP contribution in [-0.2, 0) is 19.6 Å². The Morgan fingerprint density at radius 3 is 2.42 bits per heavy atom. The van der Waals surface area contributed by atoms with E-state index in [1.54, 1.807) is 26.8 Å². The molecule has 0 spiro atoms. The van der Waals surface area contributed by atoms with E-state index in [0.29, 0.717) is 18.8 Å². The van der Waals surface area contributed by atoms with Crippen molar-refractivity contribution in [3.05, 3.63) is 29.3 Å². The summed E-state index contributed by atoms with van der Waals surface area (Å²) in [5.74, 6) is -1.64. The van der Waals surface area contributed by atoms with Crippen molar-refractivity contribution in [2.24, 2.45) is 0 Å². The highest BCUT2D eigenvalue weighted by Gasteiger charge is 2.29. The van der Waals surface area contributed by atoms with E-state index in [2.05, 4.69) is 0 Å². The number of nitrogens with zero attached hydrogens (tertiary/aromatic N) is 2. The number of hydrogen-bond acceptors (Lipinski definition) is 5. The molecule has 0 bridgehead atoms. The molecule has 1 saturated heterocycles. The number of carbonyl (C=O) groups is 2. The second-order valence-electron chi connectivity index (χ2n) is 6.42. The fourth-order valence-electron chi connectivity index (χ4n) is 2.74. The molecule has 26 heavy (non-hydrogen) atoms. The Bertz CT molecular complexity index is 784. The average molecular weight is 384 g/mol. The molecule has 0 aromatic heterocycles. The number of aliphatic carboxylic acids is 1. The molecule has 0 aliphatic carbocycles. The van der Waals surface area contributed by atoms with Gasteiger partial charge in [0.05, 0.1) is 18.1 Å². The molecule has 1 fully saturated rings. The number of carboxylic acid groups (broad SMARTS) is 1. The summed E-state index contributed by atoms with van der Waals surface area (Å²) >= 11 is 0. The lowest BCUT2D eigenvalue weighted by atomic mass is 10.1. The van der Waals surface area contributed by atoms with Gasteiger partial charge >= 0.3 is 5.97 Å². The topological polar surface area (TPSA) is 104 Å². The molecule has 1 aromatic rings. The maximum atomic E-state index is 12.9. The van der Waals surface area contributed by atoms with Crippen molar-refractivity contribution < 1.29 is 27.9 Å². The number of morpholine rings is 1. The van der Waals surface area contributed by atoms with Gasteiger partial charge in [-0.15, -0.1) is 0 Å². The minimum absolute atomic E-state index is 0.0595. The van der Waals surface area contributed by atoms with Gasteiger partial charge in [0.15, 0.2) is 0 Å². The van der Waals surface area contributed by atoms with E-state index in [-0.39, 0.29) is 29.6 Å². The van der Waals surface area contributed by atoms with Crippen LogP contribution < -0.4 is 0 Å². The molecule has 1 aliphatic heterocycles. The van der Waals surface area contributed by atoms with Crippen LogP contribution in [0.4, 0.5) is 0 Å². The number of carboxylic acids is 1. The molecule has 0 radical (unpaired) electrons. The normalized spacial score (nSPS) is 15.8. The fourth-order valence-corrected chi connectivity index (χ4v) is 4.40. The van der Waals surface area contributed by atoms with Gasteiger partial charge in [0, 0.05) is 24.7 Å². The Hall–Kier alpha value is -1.97. The summed E-state index contributed by atoms with van der Waals surface area (Å²) in [7, 11) is -3.75. The van der Waals surface area contributed by atoms with Gasteiger partial charge in [-0.2, -0.15) is 4.31 Å². The number of rotatable bonds is 6. The summed E-state index contributed by atoms with van der Waals surface area (Å²) in [6.07, 6.45) is 0. The molecule has 1 heterocycles. The minimum Gasteiger partial charge on any atom is -0.480 e. The predicted molar refractivity (Wildman–Crippen MR) is 94.6 cm³/mol. The zero-order chi connectivity index (χ0) is 19.5. The van der Waals surface area contributed by atoms with Gasteiger partial charge in [-0.3, -0.25) is 9.59 Å². The van der Waals surface area contributed by atoms with E-state index < -0.39 is 28.4 Å². The highest BCUT2D eigenvalue weighted by molar-refractivity contribution is 7.89. The van der Waals surface area contributed by atoms with Crippen molar-refractivity contribution in [1.82, 2.24) is 9.21 Å². The number of aryl methyl sites for hydroxylation is 1. The van der Waals surface area contributed by atoms with Gasteiger partial charge in [-0.05, 0) is 38.5 Å². The Labute approximate surface area is 153 Å². The van der Waals surface area contributed by atoms with Gasteiger partial charge in [0.25, 0.3) is 5.91 Å². The Morgan fingerprint density at radius 2 is 1.88 bits per heavy atom. The van der Waals surface area contributed by atoms with Crippen molar-refractivity contribution in [1.29, 1.82) is 0 Å². The van der Waals surface area contributed by atoms with E-state index in [1.165, 1.54) is 21.3 Å². The van der Waals surface area contributed by atoms with Crippen LogP contribution in [0.1, 0.15) is 29.8 Å². The van der Waals surface area contributed by atoms with Gasteiger partial charge in [-0.1, -0.05) is 6.07 Å². The summed E-state index contributed by atoms with van der Waals surface area (Å²) in [5.41, 5.74) is 0.680. The van der Waals surface area contributed by atoms with Gasteiger partial charge in [-0.25, -0.2) is 8.42 Å². The van der Waals surface area contributed by atoms with Gasteiger partial charge in [0.1, 0.15) is 6.54 Å². The monoisotopic (exact) mass is 384 g/mol. The molecule has 1 aliphatic rings. The Morgan fingerprint density at radius 1 is 1.27 bits per heavy atom. The van der Waals surface area contributed by atoms with Crippen LogP contribution in [0.2, 0.25) is 0 Å². The Kier molecular flexibility index (Phi) is 6.38. The quantitative estimate of drug-likeness (QED) is 0.783. The van der Waals surface area contributed by atoms with E-state index in [1.807, 2.05) is 0 Å². The zero-order valence-electron chi connectivity index (χ0n) is 15.1. The van der Waals surface area contributed by atoms with Crippen LogP contribution in [0.15, 0.2) is 23.1 Å². The molecule has 1 N–H and O–H groups in total. The SMILES string of the molecule is Cc1ccc(C(=O)N(CC(=O)O)C(C)C)cc1S(=O)(=O)N1CCOCC1. The lowest BCUT2D eigenvalue weighted by Crippen LogP contribution is -2.41. The van der Waals surface area contributed by atoms with Crippen LogP contribution in [0.5, 0.6) is 0 Å². The summed E-state index contributed by atoms with van der Waals surface area (Å²) in [6.45, 7) is 5.82. The molecule has 0 saturated carbocycles. The number of amides is 1. The molecule has 0 unspecified atom stereocenters. The van der Waals surface area contributed by atoms with E-state index in [4.69, 9.17) is 9.84 Å². The molecule has 1 amide bonds. The molecular formula is C17H24N2O6S. The van der Waals surface area contributed by atoms with Crippen LogP contribution in [0.3, 0.4) is 0 Å². The lowest BCUT2D eigenvalue weighted by molar-refractivity contribution is -0.138. The first-order chi connectivity index (χ1) is 12.1. The van der Waals surface area contributed by atoms with Gasteiger partial charge in [0.2, 0.25) is 10.0 Å². The van der Waals surface area contributed by atoms with Crippen LogP contribution >= 0.6 is 0 Å². The molecule has 9 heteroatoms. The molecule has 2 rings (SSSR count). The van der Waals surface area contributed by atoms with Crippen molar-refractivity contribution in [2.75, 3.05) is 32.8 Å². The summed E-state index contributed by atoms with van der Waals surface area (Å²) in [5, 5.41) is 9.02.